The van der Waals surface area contributed by atoms with E-state index in [4.69, 9.17) is 0 Å². The van der Waals surface area contributed by atoms with E-state index in [0.717, 1.165) is 19.0 Å². The Bertz CT molecular complexity index is 436. The molecule has 3 nitrogen and oxygen atoms in total. The van der Waals surface area contributed by atoms with Crippen molar-refractivity contribution in [1.29, 1.82) is 0 Å². The highest BCUT2D eigenvalue weighted by Gasteiger charge is 2.18. The van der Waals surface area contributed by atoms with E-state index in [1.807, 2.05) is 0 Å². The average molecular weight is 289 g/mol. The Labute approximate surface area is 130 Å². The second kappa shape index (κ2) is 7.81. The van der Waals surface area contributed by atoms with E-state index in [9.17, 15) is 0 Å². The zero-order valence-electron chi connectivity index (χ0n) is 14.2. The molecule has 1 aromatic rings. The molecule has 0 spiro atoms. The normalized spacial score (nSPS) is 17.1. The van der Waals surface area contributed by atoms with Gasteiger partial charge in [0, 0.05) is 25.8 Å². The molecule has 0 aliphatic carbocycles. The van der Waals surface area contributed by atoms with Gasteiger partial charge in [-0.3, -0.25) is 0 Å². The minimum Gasteiger partial charge on any atom is -0.374 e. The van der Waals surface area contributed by atoms with Crippen LogP contribution in [0.2, 0.25) is 0 Å². The van der Waals surface area contributed by atoms with Crippen molar-refractivity contribution in [3.05, 3.63) is 29.3 Å². The summed E-state index contributed by atoms with van der Waals surface area (Å²) in [7, 11) is 4.47. The molecule has 2 rings (SSSR count). The van der Waals surface area contributed by atoms with Crippen molar-refractivity contribution in [2.24, 2.45) is 5.92 Å². The molecule has 1 aromatic carbocycles. The van der Waals surface area contributed by atoms with Crippen molar-refractivity contribution in [2.75, 3.05) is 45.2 Å². The minimum atomic E-state index is 0.840. The van der Waals surface area contributed by atoms with Crippen molar-refractivity contribution in [1.82, 2.24) is 10.2 Å². The number of hydrogen-bond acceptors (Lipinski definition) is 3. The second-order valence-corrected chi connectivity index (χ2v) is 6.53. The maximum absolute atomic E-state index is 3.39. The molecule has 0 unspecified atom stereocenters. The molecule has 1 aliphatic rings. The fourth-order valence-electron chi connectivity index (χ4n) is 3.26. The van der Waals surface area contributed by atoms with E-state index < -0.39 is 0 Å². The van der Waals surface area contributed by atoms with Gasteiger partial charge in [-0.2, -0.15) is 0 Å². The maximum atomic E-state index is 3.39. The molecule has 1 N–H and O–H groups in total. The standard InChI is InChI=1S/C18H31N3/c1-5-19-13-17-6-7-18(15(2)12-17)21(4)14-16-8-10-20(3)11-9-16/h6-7,12,16,19H,5,8-11,13-14H2,1-4H3. The van der Waals surface area contributed by atoms with Crippen molar-refractivity contribution in [2.45, 2.75) is 33.2 Å². The lowest BCUT2D eigenvalue weighted by Crippen LogP contribution is -2.35. The Hall–Kier alpha value is -1.06. The Kier molecular flexibility index (Phi) is 6.07. The molecule has 1 heterocycles. The summed E-state index contributed by atoms with van der Waals surface area (Å²) in [5.41, 5.74) is 4.15. The van der Waals surface area contributed by atoms with Crippen LogP contribution in [0, 0.1) is 12.8 Å². The topological polar surface area (TPSA) is 18.5 Å². The summed E-state index contributed by atoms with van der Waals surface area (Å²) in [5.74, 6) is 0.840. The van der Waals surface area contributed by atoms with Gasteiger partial charge in [0.1, 0.15) is 0 Å². The Morgan fingerprint density at radius 3 is 2.62 bits per heavy atom. The lowest BCUT2D eigenvalue weighted by atomic mass is 9.96. The third-order valence-corrected chi connectivity index (χ3v) is 4.62. The van der Waals surface area contributed by atoms with Crippen molar-refractivity contribution in [3.63, 3.8) is 0 Å². The van der Waals surface area contributed by atoms with Gasteiger partial charge >= 0.3 is 0 Å². The van der Waals surface area contributed by atoms with E-state index >= 15 is 0 Å². The number of nitrogens with one attached hydrogen (secondary N) is 1. The van der Waals surface area contributed by atoms with Crippen molar-refractivity contribution < 1.29 is 0 Å². The molecule has 0 radical (unpaired) electrons. The molecule has 1 fully saturated rings. The molecule has 118 valence electrons. The fraction of sp³-hybridized carbons (Fsp3) is 0.667. The van der Waals surface area contributed by atoms with Crippen LogP contribution in [0.5, 0.6) is 0 Å². The number of benzene rings is 1. The quantitative estimate of drug-likeness (QED) is 0.869. The zero-order valence-corrected chi connectivity index (χ0v) is 14.2. The number of anilines is 1. The van der Waals surface area contributed by atoms with Crippen LogP contribution in [0.4, 0.5) is 5.69 Å². The first-order valence-electron chi connectivity index (χ1n) is 8.30. The monoisotopic (exact) mass is 289 g/mol. The predicted octanol–water partition coefficient (Wildman–Crippen LogP) is 2.88. The van der Waals surface area contributed by atoms with Gasteiger partial charge in [-0.15, -0.1) is 0 Å². The predicted molar refractivity (Wildman–Crippen MR) is 92.1 cm³/mol. The third-order valence-electron chi connectivity index (χ3n) is 4.62. The van der Waals surface area contributed by atoms with E-state index in [1.54, 1.807) is 0 Å². The minimum absolute atomic E-state index is 0.840. The lowest BCUT2D eigenvalue weighted by Gasteiger charge is -2.33. The van der Waals surface area contributed by atoms with E-state index in [0.29, 0.717) is 0 Å². The Morgan fingerprint density at radius 2 is 2.00 bits per heavy atom. The smallest absolute Gasteiger partial charge is 0.0393 e. The van der Waals surface area contributed by atoms with E-state index in [2.05, 4.69) is 61.3 Å². The van der Waals surface area contributed by atoms with Gasteiger partial charge in [-0.1, -0.05) is 19.1 Å². The number of piperidine rings is 1. The van der Waals surface area contributed by atoms with Crippen molar-refractivity contribution in [3.8, 4) is 0 Å². The lowest BCUT2D eigenvalue weighted by molar-refractivity contribution is 0.222. The van der Waals surface area contributed by atoms with Gasteiger partial charge in [0.25, 0.3) is 0 Å². The second-order valence-electron chi connectivity index (χ2n) is 6.53. The summed E-state index contributed by atoms with van der Waals surface area (Å²) in [6, 6.07) is 6.87. The average Bonchev–Trinajstić information content (AvgIpc) is 2.47. The first kappa shape index (κ1) is 16.3. The molecule has 1 aliphatic heterocycles. The molecule has 0 bridgehead atoms. The Morgan fingerprint density at radius 1 is 1.29 bits per heavy atom. The van der Waals surface area contributed by atoms with Gasteiger partial charge < -0.3 is 15.1 Å². The van der Waals surface area contributed by atoms with Crippen molar-refractivity contribution >= 4 is 5.69 Å². The molecule has 0 saturated carbocycles. The van der Waals surface area contributed by atoms with Crippen LogP contribution in [-0.4, -0.2) is 45.2 Å². The highest BCUT2D eigenvalue weighted by atomic mass is 15.1. The van der Waals surface area contributed by atoms with E-state index in [1.165, 1.54) is 49.3 Å². The molecule has 0 amide bonds. The van der Waals surface area contributed by atoms with E-state index in [-0.39, 0.29) is 0 Å². The largest absolute Gasteiger partial charge is 0.374 e. The highest BCUT2D eigenvalue weighted by Crippen LogP contribution is 2.24. The highest BCUT2D eigenvalue weighted by molar-refractivity contribution is 5.54. The number of rotatable bonds is 6. The third kappa shape index (κ3) is 4.72. The van der Waals surface area contributed by atoms with Gasteiger partial charge in [0.15, 0.2) is 0 Å². The first-order valence-corrected chi connectivity index (χ1v) is 8.30. The number of aryl methyl sites for hydroxylation is 1. The fourth-order valence-corrected chi connectivity index (χ4v) is 3.26. The van der Waals surface area contributed by atoms with Gasteiger partial charge in [-0.25, -0.2) is 0 Å². The summed E-state index contributed by atoms with van der Waals surface area (Å²) in [5, 5.41) is 3.39. The van der Waals surface area contributed by atoms with Crippen LogP contribution in [0.3, 0.4) is 0 Å². The molecule has 1 saturated heterocycles. The van der Waals surface area contributed by atoms with Crippen LogP contribution >= 0.6 is 0 Å². The number of nitrogens with zero attached hydrogens (tertiary/aromatic N) is 2. The summed E-state index contributed by atoms with van der Waals surface area (Å²) in [6.07, 6.45) is 2.66. The van der Waals surface area contributed by atoms with Crippen LogP contribution < -0.4 is 10.2 Å². The van der Waals surface area contributed by atoms with Gasteiger partial charge in [0.05, 0.1) is 0 Å². The molecule has 0 atom stereocenters. The summed E-state index contributed by atoms with van der Waals surface area (Å²) < 4.78 is 0. The Balaban J connectivity index is 1.94. The SMILES string of the molecule is CCNCc1ccc(N(C)CC2CCN(C)CC2)c(C)c1. The summed E-state index contributed by atoms with van der Waals surface area (Å²) in [4.78, 5) is 4.89. The summed E-state index contributed by atoms with van der Waals surface area (Å²) in [6.45, 7) is 10.1. The van der Waals surface area contributed by atoms with Gasteiger partial charge in [0.2, 0.25) is 0 Å². The molecule has 0 aromatic heterocycles. The molecule has 3 heteroatoms. The number of likely N-dealkylation sites (tertiary alicyclic amines) is 1. The molecule has 21 heavy (non-hydrogen) atoms. The van der Waals surface area contributed by atoms with Crippen LogP contribution in [0.15, 0.2) is 18.2 Å². The zero-order chi connectivity index (χ0) is 15.2. The maximum Gasteiger partial charge on any atom is 0.0393 e. The molecular weight excluding hydrogens is 258 g/mol. The first-order chi connectivity index (χ1) is 10.1. The van der Waals surface area contributed by atoms with Crippen LogP contribution in [0.1, 0.15) is 30.9 Å². The number of hydrogen-bond donors (Lipinski definition) is 1. The van der Waals surface area contributed by atoms with Crippen LogP contribution in [-0.2, 0) is 6.54 Å². The summed E-state index contributed by atoms with van der Waals surface area (Å²) >= 11 is 0. The van der Waals surface area contributed by atoms with Crippen LogP contribution in [0.25, 0.3) is 0 Å². The molecular formula is C18H31N3. The van der Waals surface area contributed by atoms with Gasteiger partial charge in [-0.05, 0) is 69.6 Å².